The number of hydrogen-bond acceptors (Lipinski definition) is 4. The molecule has 158 valence electrons. The van der Waals surface area contributed by atoms with Crippen LogP contribution < -0.4 is 4.74 Å². The van der Waals surface area contributed by atoms with Crippen LogP contribution in [-0.2, 0) is 6.61 Å². The number of nitrogens with one attached hydrogen (secondary N) is 2. The molecule has 0 saturated carbocycles. The maximum Gasteiger partial charge on any atom is 0.140 e. The normalized spacial score (nSPS) is 11.1. The number of hydrogen-bond donors (Lipinski definition) is 2. The van der Waals surface area contributed by atoms with Gasteiger partial charge in [0.2, 0.25) is 0 Å². The second-order valence-electron chi connectivity index (χ2n) is 6.63. The summed E-state index contributed by atoms with van der Waals surface area (Å²) in [5.74, 6) is -0.663. The van der Waals surface area contributed by atoms with Crippen molar-refractivity contribution < 1.29 is 13.5 Å². The topological polar surface area (TPSA) is 48.9 Å². The Morgan fingerprint density at radius 2 is 1.87 bits per heavy atom. The molecule has 0 spiro atoms. The van der Waals surface area contributed by atoms with E-state index >= 15 is 0 Å². The summed E-state index contributed by atoms with van der Waals surface area (Å²) in [7, 11) is 0. The van der Waals surface area contributed by atoms with Crippen LogP contribution in [0.3, 0.4) is 0 Å². The highest BCUT2D eigenvalue weighted by Crippen LogP contribution is 2.44. The van der Waals surface area contributed by atoms with Crippen LogP contribution in [0, 0.1) is 17.0 Å². The molecule has 0 unspecified atom stereocenters. The van der Waals surface area contributed by atoms with Crippen molar-refractivity contribution in [3.63, 3.8) is 0 Å². The Bertz CT molecular complexity index is 1260. The summed E-state index contributed by atoms with van der Waals surface area (Å²) >= 11 is 5.78. The molecule has 0 aliphatic rings. The average molecular weight is 519 g/mol. The highest BCUT2D eigenvalue weighted by Gasteiger charge is 2.20. The lowest BCUT2D eigenvalue weighted by Crippen LogP contribution is -2.02. The summed E-state index contributed by atoms with van der Waals surface area (Å²) in [6, 6.07) is 15.6. The Morgan fingerprint density at radius 1 is 1.10 bits per heavy atom. The fraction of sp³-hybridized carbons (Fsp3) is 0.0870. The van der Waals surface area contributed by atoms with Crippen molar-refractivity contribution >= 4 is 55.4 Å². The summed E-state index contributed by atoms with van der Waals surface area (Å²) in [5, 5.41) is 8.99. The Hall–Kier alpha value is -2.29. The molecule has 0 aliphatic heterocycles. The van der Waals surface area contributed by atoms with Crippen LogP contribution in [0.1, 0.15) is 11.1 Å². The lowest BCUT2D eigenvalue weighted by Gasteiger charge is -2.15. The first-order valence-corrected chi connectivity index (χ1v) is 12.1. The third kappa shape index (κ3) is 4.66. The molecule has 8 heteroatoms. The van der Waals surface area contributed by atoms with Crippen molar-refractivity contribution in [1.82, 2.24) is 4.98 Å². The number of aromatic nitrogens is 1. The number of ether oxygens (including phenoxy) is 1. The first-order valence-electron chi connectivity index (χ1n) is 9.24. The second kappa shape index (κ2) is 9.46. The molecule has 31 heavy (non-hydrogen) atoms. The van der Waals surface area contributed by atoms with Gasteiger partial charge in [0, 0.05) is 33.2 Å². The maximum atomic E-state index is 14.9. The quantitative estimate of drug-likeness (QED) is 0.204. The molecule has 0 fully saturated rings. The number of halogens is 3. The molecule has 1 heterocycles. The van der Waals surface area contributed by atoms with Gasteiger partial charge in [-0.3, -0.25) is 5.41 Å². The number of H-pyrrole nitrogens is 1. The fourth-order valence-corrected chi connectivity index (χ4v) is 5.19. The van der Waals surface area contributed by atoms with Crippen LogP contribution in [0.25, 0.3) is 10.9 Å². The molecule has 2 N–H and O–H groups in total. The minimum Gasteiger partial charge on any atom is -0.488 e. The average Bonchev–Trinajstić information content (AvgIpc) is 3.24. The van der Waals surface area contributed by atoms with Gasteiger partial charge in [-0.05, 0) is 45.9 Å². The van der Waals surface area contributed by atoms with Crippen molar-refractivity contribution in [3.05, 3.63) is 88.0 Å². The second-order valence-corrected chi connectivity index (χ2v) is 9.29. The zero-order valence-corrected chi connectivity index (χ0v) is 19.6. The zero-order chi connectivity index (χ0) is 22.0. The number of benzene rings is 3. The first kappa shape index (κ1) is 21.9. The highest BCUT2D eigenvalue weighted by atomic mass is 79.9. The van der Waals surface area contributed by atoms with E-state index in [9.17, 15) is 8.78 Å². The van der Waals surface area contributed by atoms with Crippen molar-refractivity contribution in [2.75, 3.05) is 6.26 Å². The molecule has 0 saturated heterocycles. The molecular weight excluding hydrogens is 502 g/mol. The van der Waals surface area contributed by atoms with Gasteiger partial charge < -0.3 is 9.72 Å². The van der Waals surface area contributed by atoms with Crippen molar-refractivity contribution in [2.45, 2.75) is 16.4 Å². The lowest BCUT2D eigenvalue weighted by atomic mass is 10.2. The van der Waals surface area contributed by atoms with E-state index in [0.717, 1.165) is 34.5 Å². The first-order chi connectivity index (χ1) is 15.0. The van der Waals surface area contributed by atoms with E-state index in [1.807, 2.05) is 36.4 Å². The van der Waals surface area contributed by atoms with Crippen LogP contribution in [0.15, 0.2) is 75.1 Å². The third-order valence-electron chi connectivity index (χ3n) is 4.63. The molecular formula is C23H17BrF2N2OS2. The largest absolute Gasteiger partial charge is 0.488 e. The van der Waals surface area contributed by atoms with E-state index in [4.69, 9.17) is 10.1 Å². The van der Waals surface area contributed by atoms with Crippen molar-refractivity contribution in [1.29, 1.82) is 5.41 Å². The third-order valence-corrected chi connectivity index (χ3v) is 7.49. The minimum absolute atomic E-state index is 0.0922. The Labute approximate surface area is 195 Å². The van der Waals surface area contributed by atoms with Crippen LogP contribution >= 0.6 is 39.5 Å². The SMILES string of the molecule is CSC(=N)c1cc(Sc2c(F)cc3[nH]ccc3c2Br)c(OCc2ccccc2)cc1F. The highest BCUT2D eigenvalue weighted by molar-refractivity contribution is 9.10. The number of aromatic amines is 1. The Balaban J connectivity index is 1.76. The van der Waals surface area contributed by atoms with Crippen LogP contribution in [0.2, 0.25) is 0 Å². The van der Waals surface area contributed by atoms with E-state index in [0.29, 0.717) is 25.5 Å². The number of thioether (sulfide) groups is 1. The summed E-state index contributed by atoms with van der Waals surface area (Å²) in [5.41, 5.74) is 1.76. The van der Waals surface area contributed by atoms with Gasteiger partial charge in [0.15, 0.2) is 0 Å². The molecule has 3 nitrogen and oxygen atoms in total. The smallest absolute Gasteiger partial charge is 0.140 e. The molecule has 3 aromatic carbocycles. The van der Waals surface area contributed by atoms with Crippen molar-refractivity contribution in [3.8, 4) is 5.75 Å². The minimum atomic E-state index is -0.549. The Kier molecular flexibility index (Phi) is 6.69. The van der Waals surface area contributed by atoms with Gasteiger partial charge >= 0.3 is 0 Å². The van der Waals surface area contributed by atoms with Gasteiger partial charge in [0.1, 0.15) is 24.0 Å². The monoisotopic (exact) mass is 518 g/mol. The summed E-state index contributed by atoms with van der Waals surface area (Å²) in [6.07, 6.45) is 3.46. The van der Waals surface area contributed by atoms with E-state index in [2.05, 4.69) is 20.9 Å². The van der Waals surface area contributed by atoms with Crippen molar-refractivity contribution in [2.24, 2.45) is 0 Å². The zero-order valence-electron chi connectivity index (χ0n) is 16.3. The number of rotatable bonds is 6. The van der Waals surface area contributed by atoms with Gasteiger partial charge in [0.25, 0.3) is 0 Å². The van der Waals surface area contributed by atoms with Gasteiger partial charge in [-0.1, -0.05) is 42.1 Å². The molecule has 0 aliphatic carbocycles. The van der Waals surface area contributed by atoms with Gasteiger partial charge in [-0.2, -0.15) is 0 Å². The molecule has 0 bridgehead atoms. The van der Waals surface area contributed by atoms with Gasteiger partial charge in [-0.15, -0.1) is 11.8 Å². The standard InChI is InChI=1S/C23H17BrF2N2OS2/c1-30-23(27)15-9-20(19(11-16(15)25)29-12-13-5-3-2-4-6-13)31-22-17(26)10-18-14(21(22)24)7-8-28-18/h2-11,27-28H,12H2,1H3. The van der Waals surface area contributed by atoms with Crippen LogP contribution in [0.5, 0.6) is 5.75 Å². The molecule has 0 amide bonds. The van der Waals surface area contributed by atoms with Gasteiger partial charge in [-0.25, -0.2) is 8.78 Å². The predicted octanol–water partition coefficient (Wildman–Crippen LogP) is 7.63. The van der Waals surface area contributed by atoms with E-state index in [1.54, 1.807) is 18.5 Å². The summed E-state index contributed by atoms with van der Waals surface area (Å²) < 4.78 is 36.1. The van der Waals surface area contributed by atoms with Crippen LogP contribution in [-0.4, -0.2) is 16.3 Å². The Morgan fingerprint density at radius 3 is 2.61 bits per heavy atom. The number of fused-ring (bicyclic) bond motifs is 1. The van der Waals surface area contributed by atoms with E-state index in [1.165, 1.54) is 12.1 Å². The molecule has 0 radical (unpaired) electrons. The molecule has 1 aromatic heterocycles. The van der Waals surface area contributed by atoms with E-state index in [-0.39, 0.29) is 17.2 Å². The van der Waals surface area contributed by atoms with Crippen LogP contribution in [0.4, 0.5) is 8.78 Å². The van der Waals surface area contributed by atoms with Gasteiger partial charge in [0.05, 0.1) is 14.8 Å². The maximum absolute atomic E-state index is 14.9. The lowest BCUT2D eigenvalue weighted by molar-refractivity contribution is 0.297. The summed E-state index contributed by atoms with van der Waals surface area (Å²) in [6.45, 7) is 0.244. The molecule has 4 aromatic rings. The van der Waals surface area contributed by atoms with E-state index < -0.39 is 11.6 Å². The molecule has 4 rings (SSSR count). The fourth-order valence-electron chi connectivity index (χ4n) is 3.06. The predicted molar refractivity (Wildman–Crippen MR) is 128 cm³/mol. The summed E-state index contributed by atoms with van der Waals surface area (Å²) in [4.78, 5) is 3.89. The molecule has 0 atom stereocenters.